The molecule has 2 aromatic rings. The molecule has 0 N–H and O–H groups in total. The molecule has 0 radical (unpaired) electrons. The van der Waals surface area contributed by atoms with Crippen molar-refractivity contribution >= 4 is 17.8 Å². The molecule has 1 saturated carbocycles. The van der Waals surface area contributed by atoms with Crippen LogP contribution in [0, 0.1) is 5.82 Å². The van der Waals surface area contributed by atoms with E-state index in [1.807, 2.05) is 13.0 Å². The van der Waals surface area contributed by atoms with Crippen molar-refractivity contribution < 1.29 is 23.4 Å². The van der Waals surface area contributed by atoms with Gasteiger partial charge in [0.25, 0.3) is 0 Å². The second-order valence-corrected chi connectivity index (χ2v) is 6.58. The summed E-state index contributed by atoms with van der Waals surface area (Å²) in [5.74, 6) is 0.888. The molecule has 2 aromatic carbocycles. The number of carbonyl (C=O) groups excluding carboxylic acids is 1. The lowest BCUT2D eigenvalue weighted by atomic mass is 10.0. The zero-order chi connectivity index (χ0) is 18.7. The Bertz CT molecular complexity index is 818. The third-order valence-corrected chi connectivity index (χ3v) is 4.74. The number of methoxy groups -OCH3 is 1. The maximum Gasteiger partial charge on any atom is 0.513 e. The van der Waals surface area contributed by atoms with Gasteiger partial charge in [0.15, 0.2) is 0 Å². The van der Waals surface area contributed by atoms with Crippen LogP contribution in [0.4, 0.5) is 9.18 Å². The van der Waals surface area contributed by atoms with E-state index in [2.05, 4.69) is 4.74 Å². The van der Waals surface area contributed by atoms with E-state index in [4.69, 9.17) is 21.1 Å². The van der Waals surface area contributed by atoms with E-state index in [9.17, 15) is 9.18 Å². The quantitative estimate of drug-likeness (QED) is 0.481. The number of hydrogen-bond donors (Lipinski definition) is 0. The molecule has 3 rings (SSSR count). The van der Waals surface area contributed by atoms with Gasteiger partial charge in [-0.15, -0.1) is 0 Å². The van der Waals surface area contributed by atoms with Crippen LogP contribution >= 0.6 is 11.6 Å². The van der Waals surface area contributed by atoms with Gasteiger partial charge in [-0.2, -0.15) is 0 Å². The normalized spacial score (nSPS) is 13.4. The van der Waals surface area contributed by atoms with E-state index in [0.29, 0.717) is 34.2 Å². The fraction of sp³-hybridized carbons (Fsp3) is 0.350. The molecule has 0 aliphatic heterocycles. The maximum atomic E-state index is 14.2. The standard InChI is InChI=1S/C20H20ClFO4/c1-3-12-9-14(13-7-8-13)19(10-17(12)22)25-11-15-16(21)5-4-6-18(15)26-20(23)24-2/h4-6,9-10,13H,3,7-8,11H2,1-2H3. The van der Waals surface area contributed by atoms with E-state index in [1.54, 1.807) is 18.2 Å². The lowest BCUT2D eigenvalue weighted by Crippen LogP contribution is -2.10. The summed E-state index contributed by atoms with van der Waals surface area (Å²) >= 11 is 6.23. The Morgan fingerprint density at radius 1 is 1.27 bits per heavy atom. The van der Waals surface area contributed by atoms with Crippen molar-refractivity contribution in [2.45, 2.75) is 38.7 Å². The highest BCUT2D eigenvalue weighted by Crippen LogP contribution is 2.45. The molecule has 0 amide bonds. The van der Waals surface area contributed by atoms with Crippen LogP contribution in [0.3, 0.4) is 0 Å². The summed E-state index contributed by atoms with van der Waals surface area (Å²) < 4.78 is 29.7. The molecule has 0 heterocycles. The first-order chi connectivity index (χ1) is 12.5. The lowest BCUT2D eigenvalue weighted by molar-refractivity contribution is 0.120. The van der Waals surface area contributed by atoms with Crippen LogP contribution in [0.15, 0.2) is 30.3 Å². The number of carbonyl (C=O) groups is 1. The van der Waals surface area contributed by atoms with Crippen molar-refractivity contribution in [1.29, 1.82) is 0 Å². The van der Waals surface area contributed by atoms with Gasteiger partial charge in [0, 0.05) is 6.07 Å². The van der Waals surface area contributed by atoms with Crippen LogP contribution < -0.4 is 9.47 Å². The predicted molar refractivity (Wildman–Crippen MR) is 96.6 cm³/mol. The third-order valence-electron chi connectivity index (χ3n) is 4.38. The van der Waals surface area contributed by atoms with Crippen molar-refractivity contribution in [2.75, 3.05) is 7.11 Å². The molecule has 4 nitrogen and oxygen atoms in total. The van der Waals surface area contributed by atoms with Crippen LogP contribution in [-0.4, -0.2) is 13.3 Å². The van der Waals surface area contributed by atoms with Gasteiger partial charge in [-0.05, 0) is 54.5 Å². The zero-order valence-electron chi connectivity index (χ0n) is 14.7. The molecule has 0 atom stereocenters. The van der Waals surface area contributed by atoms with Gasteiger partial charge in [0.1, 0.15) is 23.9 Å². The minimum atomic E-state index is -0.842. The molecule has 0 bridgehead atoms. The van der Waals surface area contributed by atoms with Gasteiger partial charge in [-0.25, -0.2) is 9.18 Å². The highest BCUT2D eigenvalue weighted by Gasteiger charge is 2.28. The van der Waals surface area contributed by atoms with Gasteiger partial charge in [-0.3, -0.25) is 0 Å². The van der Waals surface area contributed by atoms with Gasteiger partial charge in [0.05, 0.1) is 17.7 Å². The monoisotopic (exact) mass is 378 g/mol. The number of hydrogen-bond acceptors (Lipinski definition) is 4. The average molecular weight is 379 g/mol. The van der Waals surface area contributed by atoms with Crippen LogP contribution in [0.5, 0.6) is 11.5 Å². The minimum Gasteiger partial charge on any atom is -0.488 e. The molecule has 0 spiro atoms. The molecule has 6 heteroatoms. The van der Waals surface area contributed by atoms with Gasteiger partial charge in [0.2, 0.25) is 0 Å². The molecule has 0 unspecified atom stereocenters. The Hall–Kier alpha value is -2.27. The zero-order valence-corrected chi connectivity index (χ0v) is 15.4. The van der Waals surface area contributed by atoms with Crippen LogP contribution in [-0.2, 0) is 17.8 Å². The molecule has 1 fully saturated rings. The van der Waals surface area contributed by atoms with E-state index in [1.165, 1.54) is 13.2 Å². The Labute approximate surface area is 156 Å². The Kier molecular flexibility index (Phi) is 5.67. The first kappa shape index (κ1) is 18.5. The number of benzene rings is 2. The lowest BCUT2D eigenvalue weighted by Gasteiger charge is -2.16. The highest BCUT2D eigenvalue weighted by atomic mass is 35.5. The summed E-state index contributed by atoms with van der Waals surface area (Å²) in [6, 6.07) is 8.26. The van der Waals surface area contributed by atoms with Crippen LogP contribution in [0.1, 0.15) is 42.4 Å². The van der Waals surface area contributed by atoms with Gasteiger partial charge in [-0.1, -0.05) is 24.6 Å². The predicted octanol–water partition coefficient (Wildman–Crippen LogP) is 5.64. The summed E-state index contributed by atoms with van der Waals surface area (Å²) in [7, 11) is 1.23. The minimum absolute atomic E-state index is 0.0522. The SMILES string of the molecule is CCc1cc(C2CC2)c(OCc2c(Cl)cccc2OC(=O)OC)cc1F. The second-order valence-electron chi connectivity index (χ2n) is 6.17. The summed E-state index contributed by atoms with van der Waals surface area (Å²) in [5.41, 5.74) is 2.21. The highest BCUT2D eigenvalue weighted by molar-refractivity contribution is 6.31. The summed E-state index contributed by atoms with van der Waals surface area (Å²) in [6.07, 6.45) is 1.94. The molecule has 1 aliphatic carbocycles. The fourth-order valence-electron chi connectivity index (χ4n) is 2.78. The number of aryl methyl sites for hydroxylation is 1. The molecule has 26 heavy (non-hydrogen) atoms. The van der Waals surface area contributed by atoms with E-state index in [0.717, 1.165) is 18.4 Å². The van der Waals surface area contributed by atoms with E-state index in [-0.39, 0.29) is 18.2 Å². The molecule has 0 saturated heterocycles. The van der Waals surface area contributed by atoms with Gasteiger partial charge >= 0.3 is 6.16 Å². The largest absolute Gasteiger partial charge is 0.513 e. The molecule has 0 aromatic heterocycles. The number of halogens is 2. The maximum absolute atomic E-state index is 14.2. The summed E-state index contributed by atoms with van der Waals surface area (Å²) in [5, 5.41) is 0.394. The van der Waals surface area contributed by atoms with Crippen molar-refractivity contribution in [3.63, 3.8) is 0 Å². The van der Waals surface area contributed by atoms with Crippen molar-refractivity contribution in [3.8, 4) is 11.5 Å². The molecular weight excluding hydrogens is 359 g/mol. The van der Waals surface area contributed by atoms with E-state index >= 15 is 0 Å². The Balaban J connectivity index is 1.85. The number of ether oxygens (including phenoxy) is 3. The van der Waals surface area contributed by atoms with E-state index < -0.39 is 6.16 Å². The molecule has 138 valence electrons. The van der Waals surface area contributed by atoms with Gasteiger partial charge < -0.3 is 14.2 Å². The number of rotatable bonds is 6. The first-order valence-corrected chi connectivity index (χ1v) is 8.89. The van der Waals surface area contributed by atoms with Crippen molar-refractivity contribution in [3.05, 3.63) is 57.9 Å². The first-order valence-electron chi connectivity index (χ1n) is 8.51. The molecule has 1 aliphatic rings. The van der Waals surface area contributed by atoms with Crippen LogP contribution in [0.25, 0.3) is 0 Å². The Morgan fingerprint density at radius 2 is 2.04 bits per heavy atom. The van der Waals surface area contributed by atoms with Crippen molar-refractivity contribution in [1.82, 2.24) is 0 Å². The van der Waals surface area contributed by atoms with Crippen molar-refractivity contribution in [2.24, 2.45) is 0 Å². The fourth-order valence-corrected chi connectivity index (χ4v) is 3.00. The topological polar surface area (TPSA) is 44.8 Å². The smallest absolute Gasteiger partial charge is 0.488 e. The molecular formula is C20H20ClFO4. The Morgan fingerprint density at radius 3 is 2.69 bits per heavy atom. The van der Waals surface area contributed by atoms with Crippen LogP contribution in [0.2, 0.25) is 5.02 Å². The second kappa shape index (κ2) is 7.96. The summed E-state index contributed by atoms with van der Waals surface area (Å²) in [6.45, 7) is 1.98. The summed E-state index contributed by atoms with van der Waals surface area (Å²) in [4.78, 5) is 11.4. The third kappa shape index (κ3) is 4.10. The average Bonchev–Trinajstić information content (AvgIpc) is 3.46.